The number of nitrogens with one attached hydrogen (secondary N) is 1. The fraction of sp³-hybridized carbons (Fsp3) is 0.419. The van der Waals surface area contributed by atoms with E-state index in [1.54, 1.807) is 24.9 Å². The van der Waals surface area contributed by atoms with E-state index in [1.165, 1.54) is 11.3 Å². The van der Waals surface area contributed by atoms with Gasteiger partial charge in [0.25, 0.3) is 5.91 Å². The highest BCUT2D eigenvalue weighted by Gasteiger charge is 2.52. The molecule has 0 atom stereocenters. The van der Waals surface area contributed by atoms with Crippen LogP contribution in [0.5, 0.6) is 0 Å². The van der Waals surface area contributed by atoms with Crippen molar-refractivity contribution >= 4 is 40.1 Å². The van der Waals surface area contributed by atoms with Crippen molar-refractivity contribution in [2.45, 2.75) is 70.5 Å². The maximum atomic E-state index is 13.9. The van der Waals surface area contributed by atoms with Crippen molar-refractivity contribution in [3.8, 4) is 0 Å². The predicted octanol–water partition coefficient (Wildman–Crippen LogP) is 4.75. The van der Waals surface area contributed by atoms with Gasteiger partial charge in [-0.05, 0) is 62.1 Å². The number of benzene rings is 2. The molecule has 8 nitrogen and oxygen atoms in total. The maximum Gasteiger partial charge on any atom is 0.332 e. The summed E-state index contributed by atoms with van der Waals surface area (Å²) in [6, 6.07) is 15.4. The number of pyridine rings is 1. The first-order chi connectivity index (χ1) is 18.6. The summed E-state index contributed by atoms with van der Waals surface area (Å²) < 4.78 is 0. The van der Waals surface area contributed by atoms with Crippen LogP contribution in [0.3, 0.4) is 0 Å². The standard InChI is InChI=1S/C31H35N5O3/c1-30(2)19-34(27(37)17-33-21-8-7-9-21)26-16-22(12-13-24(26)30)36-28(38)31(3,4)35(29(36)39)18-20-14-15-32-25-11-6-5-10-23(20)25/h5-6,10-16,21,33H,7-9,17-19H2,1-4H3. The number of hydrogen-bond donors (Lipinski definition) is 1. The Morgan fingerprint density at radius 1 is 1.05 bits per heavy atom. The molecule has 0 spiro atoms. The summed E-state index contributed by atoms with van der Waals surface area (Å²) >= 11 is 0. The first-order valence-electron chi connectivity index (χ1n) is 13.7. The molecular weight excluding hydrogens is 490 g/mol. The van der Waals surface area contributed by atoms with Gasteiger partial charge in [0, 0.05) is 41.8 Å². The molecule has 1 saturated heterocycles. The average Bonchev–Trinajstić information content (AvgIpc) is 3.24. The number of amides is 4. The number of carbonyl (C=O) groups is 3. The summed E-state index contributed by atoms with van der Waals surface area (Å²) in [4.78, 5) is 50.0. The summed E-state index contributed by atoms with van der Waals surface area (Å²) in [5.74, 6) is -0.274. The van der Waals surface area contributed by atoms with E-state index in [9.17, 15) is 14.4 Å². The number of rotatable bonds is 6. The van der Waals surface area contributed by atoms with Gasteiger partial charge in [-0.15, -0.1) is 0 Å². The molecule has 1 N–H and O–H groups in total. The molecule has 39 heavy (non-hydrogen) atoms. The van der Waals surface area contributed by atoms with Crippen LogP contribution in [-0.2, 0) is 21.5 Å². The lowest BCUT2D eigenvalue weighted by atomic mass is 9.87. The summed E-state index contributed by atoms with van der Waals surface area (Å²) in [6.45, 7) is 8.94. The number of imide groups is 1. The minimum absolute atomic E-state index is 0.0106. The fourth-order valence-electron chi connectivity index (χ4n) is 5.97. The van der Waals surface area contributed by atoms with Gasteiger partial charge in [-0.25, -0.2) is 9.69 Å². The first kappa shape index (κ1) is 25.5. The maximum absolute atomic E-state index is 13.9. The number of anilines is 2. The molecule has 202 valence electrons. The quantitative estimate of drug-likeness (QED) is 0.470. The molecule has 8 heteroatoms. The Kier molecular flexibility index (Phi) is 5.99. The molecule has 3 aromatic rings. The largest absolute Gasteiger partial charge is 0.332 e. The number of fused-ring (bicyclic) bond motifs is 2. The third kappa shape index (κ3) is 4.18. The van der Waals surface area contributed by atoms with Gasteiger partial charge in [0.2, 0.25) is 5.91 Å². The van der Waals surface area contributed by atoms with Crippen molar-refractivity contribution in [2.24, 2.45) is 0 Å². The van der Waals surface area contributed by atoms with E-state index < -0.39 is 5.54 Å². The minimum atomic E-state index is -1.04. The number of urea groups is 1. The van der Waals surface area contributed by atoms with Crippen molar-refractivity contribution in [1.29, 1.82) is 0 Å². The number of hydrogen-bond acceptors (Lipinski definition) is 5. The molecule has 4 amide bonds. The summed E-state index contributed by atoms with van der Waals surface area (Å²) in [5, 5.41) is 4.33. The SMILES string of the molecule is CC1(C)CN(C(=O)CNC2CCC2)c2cc(N3C(=O)N(Cc4ccnc5ccccc45)C(C)(C)C3=O)ccc21. The van der Waals surface area contributed by atoms with Crippen LogP contribution in [0.25, 0.3) is 10.9 Å². The molecule has 2 aliphatic heterocycles. The first-order valence-corrected chi connectivity index (χ1v) is 13.7. The number of para-hydroxylation sites is 1. The van der Waals surface area contributed by atoms with Crippen molar-refractivity contribution < 1.29 is 14.4 Å². The third-order valence-corrected chi connectivity index (χ3v) is 8.65. The zero-order chi connectivity index (χ0) is 27.5. The van der Waals surface area contributed by atoms with Gasteiger partial charge < -0.3 is 15.1 Å². The van der Waals surface area contributed by atoms with Crippen LogP contribution in [0, 0.1) is 0 Å². The Bertz CT molecular complexity index is 1490. The Balaban J connectivity index is 1.31. The van der Waals surface area contributed by atoms with Gasteiger partial charge in [0.05, 0.1) is 17.7 Å². The minimum Gasteiger partial charge on any atom is -0.310 e. The molecule has 6 rings (SSSR count). The Labute approximate surface area is 229 Å². The molecule has 1 aromatic heterocycles. The monoisotopic (exact) mass is 525 g/mol. The molecule has 0 unspecified atom stereocenters. The van der Waals surface area contributed by atoms with E-state index in [2.05, 4.69) is 24.1 Å². The van der Waals surface area contributed by atoms with E-state index in [1.807, 2.05) is 53.4 Å². The second-order valence-electron chi connectivity index (χ2n) is 12.1. The summed E-state index contributed by atoms with van der Waals surface area (Å²) in [5.41, 5.74) is 2.82. The molecular formula is C31H35N5O3. The topological polar surface area (TPSA) is 85.8 Å². The van der Waals surface area contributed by atoms with E-state index in [0.717, 1.165) is 40.6 Å². The van der Waals surface area contributed by atoms with E-state index in [0.29, 0.717) is 18.3 Å². The zero-order valence-corrected chi connectivity index (χ0v) is 23.0. The molecule has 0 radical (unpaired) electrons. The van der Waals surface area contributed by atoms with Crippen LogP contribution in [-0.4, -0.2) is 52.4 Å². The molecule has 3 heterocycles. The van der Waals surface area contributed by atoms with E-state index >= 15 is 0 Å². The van der Waals surface area contributed by atoms with Crippen molar-refractivity contribution in [3.63, 3.8) is 0 Å². The van der Waals surface area contributed by atoms with Gasteiger partial charge >= 0.3 is 6.03 Å². The normalized spacial score (nSPS) is 20.1. The second-order valence-corrected chi connectivity index (χ2v) is 12.1. The average molecular weight is 526 g/mol. The lowest BCUT2D eigenvalue weighted by molar-refractivity contribution is -0.123. The molecule has 2 aromatic carbocycles. The highest BCUT2D eigenvalue weighted by atomic mass is 16.2. The van der Waals surface area contributed by atoms with Gasteiger partial charge in [-0.1, -0.05) is 44.5 Å². The van der Waals surface area contributed by atoms with Crippen molar-refractivity contribution in [3.05, 3.63) is 65.9 Å². The Morgan fingerprint density at radius 2 is 1.82 bits per heavy atom. The molecule has 1 aliphatic carbocycles. The number of carbonyl (C=O) groups excluding carboxylic acids is 3. The van der Waals surface area contributed by atoms with Gasteiger partial charge in [-0.2, -0.15) is 0 Å². The van der Waals surface area contributed by atoms with Gasteiger partial charge in [0.15, 0.2) is 0 Å². The fourth-order valence-corrected chi connectivity index (χ4v) is 5.97. The van der Waals surface area contributed by atoms with Crippen LogP contribution in [0.4, 0.5) is 16.2 Å². The van der Waals surface area contributed by atoms with Crippen LogP contribution in [0.15, 0.2) is 54.7 Å². The van der Waals surface area contributed by atoms with Crippen molar-refractivity contribution in [1.82, 2.24) is 15.2 Å². The highest BCUT2D eigenvalue weighted by Crippen LogP contribution is 2.44. The summed E-state index contributed by atoms with van der Waals surface area (Å²) in [7, 11) is 0. The van der Waals surface area contributed by atoms with Crippen LogP contribution in [0.2, 0.25) is 0 Å². The third-order valence-electron chi connectivity index (χ3n) is 8.65. The van der Waals surface area contributed by atoms with E-state index in [-0.39, 0.29) is 36.3 Å². The molecule has 0 bridgehead atoms. The Hall–Kier alpha value is -3.78. The zero-order valence-electron chi connectivity index (χ0n) is 23.0. The Morgan fingerprint density at radius 3 is 2.56 bits per heavy atom. The van der Waals surface area contributed by atoms with E-state index in [4.69, 9.17) is 0 Å². The van der Waals surface area contributed by atoms with Crippen molar-refractivity contribution in [2.75, 3.05) is 22.9 Å². The van der Waals surface area contributed by atoms with Gasteiger partial charge in [-0.3, -0.25) is 14.6 Å². The molecule has 3 aliphatic rings. The summed E-state index contributed by atoms with van der Waals surface area (Å²) in [6.07, 6.45) is 5.16. The highest BCUT2D eigenvalue weighted by molar-refractivity contribution is 6.23. The second kappa shape index (κ2) is 9.16. The molecule has 1 saturated carbocycles. The lowest BCUT2D eigenvalue weighted by Gasteiger charge is -2.28. The smallest absolute Gasteiger partial charge is 0.310 e. The predicted molar refractivity (Wildman–Crippen MR) is 152 cm³/mol. The van der Waals surface area contributed by atoms with Crippen LogP contribution < -0.4 is 15.1 Å². The molecule has 2 fully saturated rings. The number of nitrogens with zero attached hydrogens (tertiary/aromatic N) is 4. The lowest BCUT2D eigenvalue weighted by Crippen LogP contribution is -2.44. The number of aromatic nitrogens is 1. The van der Waals surface area contributed by atoms with Crippen LogP contribution in [0.1, 0.15) is 58.1 Å². The van der Waals surface area contributed by atoms with Gasteiger partial charge in [0.1, 0.15) is 5.54 Å². The van der Waals surface area contributed by atoms with Crippen LogP contribution >= 0.6 is 0 Å².